The Morgan fingerprint density at radius 2 is 2.23 bits per heavy atom. The van der Waals surface area contributed by atoms with E-state index in [-0.39, 0.29) is 11.9 Å². The van der Waals surface area contributed by atoms with Crippen LogP contribution in [0.25, 0.3) is 0 Å². The van der Waals surface area contributed by atoms with Gasteiger partial charge in [0.15, 0.2) is 0 Å². The van der Waals surface area contributed by atoms with E-state index < -0.39 is 0 Å². The number of carbonyl (C=O) groups is 1. The van der Waals surface area contributed by atoms with E-state index in [1.807, 2.05) is 13.8 Å². The summed E-state index contributed by atoms with van der Waals surface area (Å²) in [5.74, 6) is 1.30. The van der Waals surface area contributed by atoms with E-state index >= 15 is 0 Å². The van der Waals surface area contributed by atoms with Gasteiger partial charge < -0.3 is 10.1 Å². The minimum absolute atomic E-state index is 0.105. The molecule has 1 aliphatic heterocycles. The van der Waals surface area contributed by atoms with Crippen molar-refractivity contribution >= 4 is 17.5 Å². The third-order valence-corrected chi connectivity index (χ3v) is 4.02. The van der Waals surface area contributed by atoms with Crippen LogP contribution in [0, 0.1) is 5.92 Å². The number of nitrogens with zero attached hydrogens (tertiary/aromatic N) is 2. The molecule has 5 nitrogen and oxygen atoms in total. The fourth-order valence-corrected chi connectivity index (χ4v) is 2.74. The molecule has 1 N–H and O–H groups in total. The molecular formula is C16H24ClN3O2. The lowest BCUT2D eigenvalue weighted by molar-refractivity contribution is -0.123. The van der Waals surface area contributed by atoms with E-state index in [2.05, 4.69) is 15.2 Å². The Labute approximate surface area is 137 Å². The summed E-state index contributed by atoms with van der Waals surface area (Å²) in [4.78, 5) is 17.9. The smallest absolute Gasteiger partial charge is 0.234 e. The van der Waals surface area contributed by atoms with Gasteiger partial charge in [0.25, 0.3) is 0 Å². The van der Waals surface area contributed by atoms with Gasteiger partial charge in [-0.1, -0.05) is 11.6 Å². The summed E-state index contributed by atoms with van der Waals surface area (Å²) in [6, 6.07) is 1.98. The van der Waals surface area contributed by atoms with Crippen molar-refractivity contribution in [2.75, 3.05) is 26.2 Å². The van der Waals surface area contributed by atoms with Crippen molar-refractivity contribution in [3.05, 3.63) is 23.5 Å². The minimum Gasteiger partial charge on any atom is -0.492 e. The van der Waals surface area contributed by atoms with E-state index in [4.69, 9.17) is 16.3 Å². The largest absolute Gasteiger partial charge is 0.492 e. The summed E-state index contributed by atoms with van der Waals surface area (Å²) in [6.07, 6.45) is 5.35. The van der Waals surface area contributed by atoms with Crippen LogP contribution >= 0.6 is 11.6 Å². The van der Waals surface area contributed by atoms with Crippen molar-refractivity contribution in [1.29, 1.82) is 0 Å². The summed E-state index contributed by atoms with van der Waals surface area (Å²) in [6.45, 7) is 6.97. The van der Waals surface area contributed by atoms with Crippen molar-refractivity contribution < 1.29 is 9.53 Å². The Morgan fingerprint density at radius 3 is 2.86 bits per heavy atom. The number of likely N-dealkylation sites (tertiary alicyclic amines) is 1. The molecule has 1 aliphatic rings. The quantitative estimate of drug-likeness (QED) is 0.872. The summed E-state index contributed by atoms with van der Waals surface area (Å²) in [5.41, 5.74) is 0. The Balaban J connectivity index is 1.69. The predicted octanol–water partition coefficient (Wildman–Crippen LogP) is 2.35. The molecule has 1 fully saturated rings. The van der Waals surface area contributed by atoms with E-state index in [0.29, 0.717) is 29.8 Å². The van der Waals surface area contributed by atoms with Gasteiger partial charge in [0, 0.05) is 24.5 Å². The molecular weight excluding hydrogens is 302 g/mol. The third kappa shape index (κ3) is 5.46. The zero-order chi connectivity index (χ0) is 15.9. The van der Waals surface area contributed by atoms with Crippen LogP contribution < -0.4 is 10.1 Å². The van der Waals surface area contributed by atoms with Gasteiger partial charge in [-0.05, 0) is 45.7 Å². The zero-order valence-electron chi connectivity index (χ0n) is 13.2. The summed E-state index contributed by atoms with van der Waals surface area (Å²) in [5, 5.41) is 3.47. The molecule has 122 valence electrons. The Hall–Kier alpha value is -1.33. The first-order valence-corrected chi connectivity index (χ1v) is 8.16. The van der Waals surface area contributed by atoms with E-state index in [1.165, 1.54) is 0 Å². The van der Waals surface area contributed by atoms with Crippen molar-refractivity contribution in [1.82, 2.24) is 15.2 Å². The number of ether oxygens (including phenoxy) is 1. The number of rotatable bonds is 6. The average Bonchev–Trinajstić information content (AvgIpc) is 2.47. The standard InChI is InChI=1S/C16H24ClN3O2/c1-12(2)19-16(21)10-20-7-4-13(5-8-20)11-22-15-3-6-18-9-14(15)17/h3,6,9,12-13H,4-5,7-8,10-11H2,1-2H3,(H,19,21). The van der Waals surface area contributed by atoms with Crippen LogP contribution in [-0.2, 0) is 4.79 Å². The summed E-state index contributed by atoms with van der Waals surface area (Å²) >= 11 is 6.02. The number of piperidine rings is 1. The van der Waals surface area contributed by atoms with Gasteiger partial charge in [-0.15, -0.1) is 0 Å². The second kappa shape index (κ2) is 8.34. The Morgan fingerprint density at radius 1 is 1.50 bits per heavy atom. The molecule has 0 aliphatic carbocycles. The van der Waals surface area contributed by atoms with E-state index in [0.717, 1.165) is 25.9 Å². The molecule has 1 saturated heterocycles. The maximum absolute atomic E-state index is 11.8. The third-order valence-electron chi connectivity index (χ3n) is 3.73. The SMILES string of the molecule is CC(C)NC(=O)CN1CCC(COc2ccncc2Cl)CC1. The Kier molecular flexibility index (Phi) is 6.46. The first-order valence-electron chi connectivity index (χ1n) is 7.78. The first kappa shape index (κ1) is 17.0. The van der Waals surface area contributed by atoms with Crippen LogP contribution in [0.4, 0.5) is 0 Å². The van der Waals surface area contributed by atoms with Gasteiger partial charge in [0.2, 0.25) is 5.91 Å². The number of amides is 1. The number of halogens is 1. The van der Waals surface area contributed by atoms with Crippen LogP contribution in [-0.4, -0.2) is 48.1 Å². The topological polar surface area (TPSA) is 54.5 Å². The lowest BCUT2D eigenvalue weighted by atomic mass is 9.98. The van der Waals surface area contributed by atoms with Gasteiger partial charge in [-0.3, -0.25) is 14.7 Å². The molecule has 2 rings (SSSR count). The van der Waals surface area contributed by atoms with Crippen molar-refractivity contribution in [3.63, 3.8) is 0 Å². The fourth-order valence-electron chi connectivity index (χ4n) is 2.57. The highest BCUT2D eigenvalue weighted by atomic mass is 35.5. The maximum atomic E-state index is 11.8. The van der Waals surface area contributed by atoms with Crippen LogP contribution in [0.2, 0.25) is 5.02 Å². The van der Waals surface area contributed by atoms with Gasteiger partial charge in [-0.25, -0.2) is 0 Å². The molecule has 0 spiro atoms. The number of pyridine rings is 1. The highest BCUT2D eigenvalue weighted by Crippen LogP contribution is 2.24. The predicted molar refractivity (Wildman–Crippen MR) is 87.2 cm³/mol. The monoisotopic (exact) mass is 325 g/mol. The van der Waals surface area contributed by atoms with Crippen LogP contribution in [0.1, 0.15) is 26.7 Å². The van der Waals surface area contributed by atoms with Crippen LogP contribution in [0.5, 0.6) is 5.75 Å². The van der Waals surface area contributed by atoms with E-state index in [1.54, 1.807) is 18.5 Å². The molecule has 0 unspecified atom stereocenters. The van der Waals surface area contributed by atoms with E-state index in [9.17, 15) is 4.79 Å². The van der Waals surface area contributed by atoms with Crippen molar-refractivity contribution in [2.45, 2.75) is 32.7 Å². The second-order valence-electron chi connectivity index (χ2n) is 6.06. The number of aromatic nitrogens is 1. The molecule has 0 radical (unpaired) electrons. The van der Waals surface area contributed by atoms with Gasteiger partial charge >= 0.3 is 0 Å². The van der Waals surface area contributed by atoms with Crippen LogP contribution in [0.15, 0.2) is 18.5 Å². The molecule has 0 bridgehead atoms. The van der Waals surface area contributed by atoms with Crippen LogP contribution in [0.3, 0.4) is 0 Å². The maximum Gasteiger partial charge on any atom is 0.234 e. The molecule has 1 amide bonds. The van der Waals surface area contributed by atoms with Crippen molar-refractivity contribution in [2.24, 2.45) is 5.92 Å². The lowest BCUT2D eigenvalue weighted by Gasteiger charge is -2.31. The van der Waals surface area contributed by atoms with Gasteiger partial charge in [-0.2, -0.15) is 0 Å². The number of nitrogens with one attached hydrogen (secondary N) is 1. The Bertz CT molecular complexity index is 488. The molecule has 0 atom stereocenters. The molecule has 1 aromatic rings. The van der Waals surface area contributed by atoms with Gasteiger partial charge in [0.05, 0.1) is 13.2 Å². The second-order valence-corrected chi connectivity index (χ2v) is 6.47. The number of hydrogen-bond donors (Lipinski definition) is 1. The molecule has 0 aromatic carbocycles. The minimum atomic E-state index is 0.105. The molecule has 2 heterocycles. The zero-order valence-corrected chi connectivity index (χ0v) is 14.0. The highest BCUT2D eigenvalue weighted by molar-refractivity contribution is 6.31. The molecule has 0 saturated carbocycles. The van der Waals surface area contributed by atoms with Crippen molar-refractivity contribution in [3.8, 4) is 5.75 Å². The normalized spacial score (nSPS) is 16.7. The highest BCUT2D eigenvalue weighted by Gasteiger charge is 2.21. The summed E-state index contributed by atoms with van der Waals surface area (Å²) < 4.78 is 5.78. The van der Waals surface area contributed by atoms with Gasteiger partial charge in [0.1, 0.15) is 10.8 Å². The molecule has 1 aromatic heterocycles. The number of hydrogen-bond acceptors (Lipinski definition) is 4. The molecule has 22 heavy (non-hydrogen) atoms. The number of carbonyl (C=O) groups excluding carboxylic acids is 1. The first-order chi connectivity index (χ1) is 10.5. The summed E-state index contributed by atoms with van der Waals surface area (Å²) in [7, 11) is 0. The fraction of sp³-hybridized carbons (Fsp3) is 0.625. The lowest BCUT2D eigenvalue weighted by Crippen LogP contribution is -2.43. The average molecular weight is 326 g/mol. The molecule has 6 heteroatoms.